The van der Waals surface area contributed by atoms with Crippen LogP contribution in [0.3, 0.4) is 0 Å². The van der Waals surface area contributed by atoms with Crippen molar-refractivity contribution in [3.05, 3.63) is 58.2 Å². The van der Waals surface area contributed by atoms with Crippen molar-refractivity contribution in [2.45, 2.75) is 33.2 Å². The summed E-state index contributed by atoms with van der Waals surface area (Å²) in [7, 11) is 0. The van der Waals surface area contributed by atoms with Gasteiger partial charge in [0.05, 0.1) is 24.1 Å². The first kappa shape index (κ1) is 19.7. The fourth-order valence-electron chi connectivity index (χ4n) is 3.69. The van der Waals surface area contributed by atoms with Crippen LogP contribution in [0.1, 0.15) is 47.1 Å². The Hall–Kier alpha value is -2.60. The Morgan fingerprint density at radius 2 is 1.90 bits per heavy atom. The largest absolute Gasteiger partial charge is 0.490 e. The molecule has 4 rings (SSSR count). The highest BCUT2D eigenvalue weighted by atomic mass is 32.1. The van der Waals surface area contributed by atoms with Crippen LogP contribution in [0.25, 0.3) is 10.1 Å². The van der Waals surface area contributed by atoms with Crippen molar-refractivity contribution in [1.82, 2.24) is 5.32 Å². The van der Waals surface area contributed by atoms with Crippen molar-refractivity contribution in [2.75, 3.05) is 13.2 Å². The molecule has 0 fully saturated rings. The Morgan fingerprint density at radius 3 is 2.62 bits per heavy atom. The molecule has 1 atom stereocenters. The molecule has 1 aromatic heterocycles. The fourth-order valence-corrected chi connectivity index (χ4v) is 4.81. The monoisotopic (exact) mass is 413 g/mol. The van der Waals surface area contributed by atoms with Gasteiger partial charge < -0.3 is 14.8 Å². The number of nitrogens with one attached hydrogen (secondary N) is 1. The summed E-state index contributed by atoms with van der Waals surface area (Å²) in [6.45, 7) is 7.17. The van der Waals surface area contributed by atoms with Crippen LogP contribution >= 0.6 is 11.3 Å². The highest BCUT2D eigenvalue weighted by molar-refractivity contribution is 7.21. The van der Waals surface area contributed by atoms with Crippen molar-refractivity contribution in [3.8, 4) is 11.5 Å². The Morgan fingerprint density at radius 1 is 1.14 bits per heavy atom. The topological polar surface area (TPSA) is 47.6 Å². The molecular formula is C23H24FNO3S. The second kappa shape index (κ2) is 8.03. The zero-order valence-electron chi connectivity index (χ0n) is 16.8. The van der Waals surface area contributed by atoms with Gasteiger partial charge in [-0.3, -0.25) is 4.79 Å². The van der Waals surface area contributed by atoms with E-state index in [1.807, 2.05) is 24.3 Å². The predicted molar refractivity (Wildman–Crippen MR) is 114 cm³/mol. The summed E-state index contributed by atoms with van der Waals surface area (Å²) in [6, 6.07) is 10.6. The average molecular weight is 414 g/mol. The van der Waals surface area contributed by atoms with Gasteiger partial charge in [-0.15, -0.1) is 11.3 Å². The maximum atomic E-state index is 14.2. The molecule has 0 aliphatic carbocycles. The molecule has 6 heteroatoms. The maximum absolute atomic E-state index is 14.2. The van der Waals surface area contributed by atoms with Crippen molar-refractivity contribution < 1.29 is 18.7 Å². The van der Waals surface area contributed by atoms with Gasteiger partial charge in [0.2, 0.25) is 0 Å². The second-order valence-corrected chi connectivity index (χ2v) is 8.67. The highest BCUT2D eigenvalue weighted by Crippen LogP contribution is 2.36. The van der Waals surface area contributed by atoms with E-state index in [-0.39, 0.29) is 23.7 Å². The van der Waals surface area contributed by atoms with Crippen LogP contribution in [0.2, 0.25) is 0 Å². The third-order valence-electron chi connectivity index (χ3n) is 5.19. The Kier molecular flexibility index (Phi) is 5.46. The van der Waals surface area contributed by atoms with E-state index in [0.29, 0.717) is 34.8 Å². The summed E-state index contributed by atoms with van der Waals surface area (Å²) in [5.74, 6) is 1.12. The van der Waals surface area contributed by atoms with Gasteiger partial charge in [-0.25, -0.2) is 4.39 Å². The summed E-state index contributed by atoms with van der Waals surface area (Å²) in [5, 5.41) is 3.67. The van der Waals surface area contributed by atoms with Gasteiger partial charge in [0.15, 0.2) is 11.5 Å². The third kappa shape index (κ3) is 3.81. The minimum Gasteiger partial charge on any atom is -0.490 e. The number of fused-ring (bicyclic) bond motifs is 2. The lowest BCUT2D eigenvalue weighted by Gasteiger charge is -2.24. The van der Waals surface area contributed by atoms with Gasteiger partial charge in [-0.2, -0.15) is 0 Å². The zero-order valence-corrected chi connectivity index (χ0v) is 17.6. The van der Waals surface area contributed by atoms with Crippen molar-refractivity contribution >= 4 is 27.3 Å². The van der Waals surface area contributed by atoms with Crippen molar-refractivity contribution in [2.24, 2.45) is 5.92 Å². The fraction of sp³-hybridized carbons (Fsp3) is 0.348. The molecule has 0 saturated carbocycles. The van der Waals surface area contributed by atoms with Crippen LogP contribution in [-0.2, 0) is 0 Å². The normalized spacial score (nSPS) is 14.7. The Labute approximate surface area is 173 Å². The molecule has 0 saturated heterocycles. The number of halogens is 1. The molecule has 0 radical (unpaired) electrons. The molecule has 1 aliphatic heterocycles. The predicted octanol–water partition coefficient (Wildman–Crippen LogP) is 5.64. The number of hydrogen-bond donors (Lipinski definition) is 1. The molecule has 1 N–H and O–H groups in total. The van der Waals surface area contributed by atoms with Crippen LogP contribution in [-0.4, -0.2) is 19.1 Å². The summed E-state index contributed by atoms with van der Waals surface area (Å²) >= 11 is 1.32. The molecule has 2 heterocycles. The zero-order chi connectivity index (χ0) is 20.5. The average Bonchev–Trinajstić information content (AvgIpc) is 2.88. The van der Waals surface area contributed by atoms with Crippen LogP contribution in [0, 0.1) is 18.7 Å². The molecule has 0 bridgehead atoms. The molecule has 2 aromatic carbocycles. The molecule has 1 aliphatic rings. The van der Waals surface area contributed by atoms with Gasteiger partial charge >= 0.3 is 0 Å². The number of carbonyl (C=O) groups is 1. The van der Waals surface area contributed by atoms with E-state index in [4.69, 9.17) is 9.47 Å². The van der Waals surface area contributed by atoms with Crippen molar-refractivity contribution in [1.29, 1.82) is 0 Å². The van der Waals surface area contributed by atoms with Gasteiger partial charge in [-0.1, -0.05) is 26.0 Å². The minimum atomic E-state index is -0.293. The summed E-state index contributed by atoms with van der Waals surface area (Å²) in [6.07, 6.45) is 0.843. The lowest BCUT2D eigenvalue weighted by atomic mass is 9.95. The van der Waals surface area contributed by atoms with Crippen LogP contribution < -0.4 is 14.8 Å². The first-order valence-electron chi connectivity index (χ1n) is 9.83. The van der Waals surface area contributed by atoms with E-state index in [9.17, 15) is 9.18 Å². The van der Waals surface area contributed by atoms with Gasteiger partial charge in [0, 0.05) is 16.5 Å². The smallest absolute Gasteiger partial charge is 0.262 e. The molecule has 0 unspecified atom stereocenters. The number of aryl methyl sites for hydroxylation is 1. The third-order valence-corrected chi connectivity index (χ3v) is 6.45. The summed E-state index contributed by atoms with van der Waals surface area (Å²) in [4.78, 5) is 13.6. The van der Waals surface area contributed by atoms with Gasteiger partial charge in [0.25, 0.3) is 5.91 Å². The maximum Gasteiger partial charge on any atom is 0.262 e. The molecular weight excluding hydrogens is 389 g/mol. The number of ether oxygens (including phenoxy) is 2. The van der Waals surface area contributed by atoms with E-state index >= 15 is 0 Å². The summed E-state index contributed by atoms with van der Waals surface area (Å²) < 4.78 is 26.5. The first-order valence-corrected chi connectivity index (χ1v) is 10.7. The Bertz CT molecular complexity index is 1060. The van der Waals surface area contributed by atoms with E-state index in [0.717, 1.165) is 22.4 Å². The second-order valence-electron chi connectivity index (χ2n) is 7.62. The number of rotatable bonds is 4. The quantitative estimate of drug-likeness (QED) is 0.602. The number of amides is 1. The van der Waals surface area contributed by atoms with E-state index in [1.54, 1.807) is 13.0 Å². The van der Waals surface area contributed by atoms with Crippen LogP contribution in [0.4, 0.5) is 4.39 Å². The Balaban J connectivity index is 1.64. The molecule has 3 aromatic rings. The lowest BCUT2D eigenvalue weighted by molar-refractivity contribution is 0.0929. The minimum absolute atomic E-state index is 0.162. The SMILES string of the molecule is Cc1c(C(=O)N[C@@H](c2ccc3c(c2)OCCCO3)C(C)C)sc2cccc(F)c12. The molecule has 0 spiro atoms. The van der Waals surface area contributed by atoms with E-state index in [1.165, 1.54) is 17.4 Å². The highest BCUT2D eigenvalue weighted by Gasteiger charge is 2.24. The van der Waals surface area contributed by atoms with Gasteiger partial charge in [0.1, 0.15) is 5.82 Å². The van der Waals surface area contributed by atoms with Crippen LogP contribution in [0.5, 0.6) is 11.5 Å². The first-order chi connectivity index (χ1) is 14.0. The molecule has 29 heavy (non-hydrogen) atoms. The van der Waals surface area contributed by atoms with E-state index < -0.39 is 0 Å². The standard InChI is InChI=1S/C23H24FNO3S/c1-13(2)21(15-8-9-17-18(12-15)28-11-5-10-27-17)25-23(26)22-14(3)20-16(24)6-4-7-19(20)29-22/h4,6-9,12-13,21H,5,10-11H2,1-3H3,(H,25,26)/t21-/m1/s1. The molecule has 152 valence electrons. The van der Waals surface area contributed by atoms with Crippen LogP contribution in [0.15, 0.2) is 36.4 Å². The molecule has 1 amide bonds. The summed E-state index contributed by atoms with van der Waals surface area (Å²) in [5.41, 5.74) is 1.64. The number of thiophene rings is 1. The van der Waals surface area contributed by atoms with E-state index in [2.05, 4.69) is 19.2 Å². The lowest BCUT2D eigenvalue weighted by Crippen LogP contribution is -2.31. The van der Waals surface area contributed by atoms with Crippen molar-refractivity contribution in [3.63, 3.8) is 0 Å². The number of benzene rings is 2. The molecule has 4 nitrogen and oxygen atoms in total. The number of hydrogen-bond acceptors (Lipinski definition) is 4. The number of carbonyl (C=O) groups excluding carboxylic acids is 1. The van der Waals surface area contributed by atoms with Gasteiger partial charge in [-0.05, 0) is 48.2 Å².